The molecule has 7 heteroatoms. The first kappa shape index (κ1) is 22.7. The second-order valence-electron chi connectivity index (χ2n) is 8.36. The van der Waals surface area contributed by atoms with Crippen LogP contribution in [0.1, 0.15) is 70.1 Å². The van der Waals surface area contributed by atoms with Crippen molar-refractivity contribution in [3.63, 3.8) is 0 Å². The molecule has 0 radical (unpaired) electrons. The summed E-state index contributed by atoms with van der Waals surface area (Å²) in [6.07, 6.45) is 16.9. The fourth-order valence-corrected chi connectivity index (χ4v) is 3.82. The number of nitrogens with zero attached hydrogens (tertiary/aromatic N) is 6. The molecule has 1 aliphatic carbocycles. The minimum absolute atomic E-state index is 0.0200. The number of hydrogen-bond acceptors (Lipinski definition) is 5. The van der Waals surface area contributed by atoms with Crippen LogP contribution in [0.3, 0.4) is 0 Å². The van der Waals surface area contributed by atoms with Crippen LogP contribution in [-0.2, 0) is 0 Å². The first-order valence-corrected chi connectivity index (χ1v) is 11.4. The lowest BCUT2D eigenvalue weighted by atomic mass is 9.95. The van der Waals surface area contributed by atoms with Crippen molar-refractivity contribution in [2.24, 2.45) is 9.98 Å². The predicted molar refractivity (Wildman–Crippen MR) is 131 cm³/mol. The second kappa shape index (κ2) is 10.4. The van der Waals surface area contributed by atoms with Crippen LogP contribution in [0.15, 0.2) is 81.1 Å². The molecule has 2 aliphatic rings. The van der Waals surface area contributed by atoms with E-state index < -0.39 is 6.17 Å². The summed E-state index contributed by atoms with van der Waals surface area (Å²) in [5, 5.41) is 13.0. The van der Waals surface area contributed by atoms with Crippen molar-refractivity contribution >= 4 is 18.1 Å². The molecule has 0 fully saturated rings. The SMILES string of the molecule is CC/C=N\C=C/C(C)c1ccc2nnc(C(F)/C3=C/C4=C(CC=CC3)N=CC=C(C)C4)n2n1. The molecule has 0 amide bonds. The van der Waals surface area contributed by atoms with Gasteiger partial charge in [-0.15, -0.1) is 10.2 Å². The van der Waals surface area contributed by atoms with Crippen molar-refractivity contribution in [1.29, 1.82) is 0 Å². The highest BCUT2D eigenvalue weighted by Crippen LogP contribution is 2.33. The Morgan fingerprint density at radius 1 is 1.21 bits per heavy atom. The van der Waals surface area contributed by atoms with Gasteiger partial charge in [0.05, 0.1) is 5.69 Å². The molecule has 0 N–H and O–H groups in total. The first-order valence-electron chi connectivity index (χ1n) is 11.4. The van der Waals surface area contributed by atoms with Gasteiger partial charge in [0.2, 0.25) is 0 Å². The van der Waals surface area contributed by atoms with E-state index in [0.29, 0.717) is 17.6 Å². The van der Waals surface area contributed by atoms with Crippen LogP contribution in [0.4, 0.5) is 4.39 Å². The molecule has 0 saturated heterocycles. The zero-order chi connectivity index (χ0) is 23.2. The number of allylic oxidation sites excluding steroid dienone is 8. The lowest BCUT2D eigenvalue weighted by Gasteiger charge is -2.15. The Hall–Kier alpha value is -3.48. The van der Waals surface area contributed by atoms with Gasteiger partial charge in [-0.05, 0) is 55.5 Å². The molecule has 2 atom stereocenters. The molecule has 0 saturated carbocycles. The number of aromatic nitrogens is 4. The zero-order valence-electron chi connectivity index (χ0n) is 19.3. The third-order valence-electron chi connectivity index (χ3n) is 5.70. The van der Waals surface area contributed by atoms with Crippen LogP contribution in [0.25, 0.3) is 5.65 Å². The Labute approximate surface area is 193 Å². The number of halogens is 1. The first-order chi connectivity index (χ1) is 16.1. The summed E-state index contributed by atoms with van der Waals surface area (Å²) < 4.78 is 17.4. The van der Waals surface area contributed by atoms with Gasteiger partial charge in [0.15, 0.2) is 17.6 Å². The molecule has 6 nitrogen and oxygen atoms in total. The van der Waals surface area contributed by atoms with E-state index >= 15 is 4.39 Å². The van der Waals surface area contributed by atoms with Crippen LogP contribution < -0.4 is 0 Å². The standard InChI is InChI=1S/C26H29FN6/c1-4-13-28-14-12-19(3)22-9-10-24-30-31-26(33(24)32-22)25(27)20-7-5-6-8-23-21(17-20)16-18(2)11-15-29-23/h5-6,9-15,17,19,25H,4,7-8,16H2,1-3H3/b6-5?,14-12-,20-17+,28-13-. The molecule has 0 aromatic carbocycles. The topological polar surface area (TPSA) is 67.8 Å². The number of rotatable bonds is 6. The maximum absolute atomic E-state index is 15.9. The van der Waals surface area contributed by atoms with E-state index in [2.05, 4.69) is 38.3 Å². The number of aliphatic imine (C=N–C) groups is 2. The van der Waals surface area contributed by atoms with Crippen LogP contribution >= 0.6 is 0 Å². The van der Waals surface area contributed by atoms with E-state index in [9.17, 15) is 0 Å². The molecule has 1 aliphatic heterocycles. The van der Waals surface area contributed by atoms with Gasteiger partial charge in [-0.2, -0.15) is 9.61 Å². The van der Waals surface area contributed by atoms with Crippen molar-refractivity contribution in [2.45, 2.75) is 58.5 Å². The molecule has 2 unspecified atom stereocenters. The van der Waals surface area contributed by atoms with E-state index in [4.69, 9.17) is 0 Å². The highest BCUT2D eigenvalue weighted by atomic mass is 19.1. The van der Waals surface area contributed by atoms with Crippen molar-refractivity contribution in [3.05, 3.63) is 82.6 Å². The van der Waals surface area contributed by atoms with Gasteiger partial charge in [-0.25, -0.2) is 4.39 Å². The minimum atomic E-state index is -1.42. The van der Waals surface area contributed by atoms with Gasteiger partial charge >= 0.3 is 0 Å². The molecule has 0 spiro atoms. The van der Waals surface area contributed by atoms with Crippen LogP contribution in [0.5, 0.6) is 0 Å². The van der Waals surface area contributed by atoms with E-state index in [0.717, 1.165) is 36.2 Å². The van der Waals surface area contributed by atoms with Crippen LogP contribution in [0, 0.1) is 0 Å². The van der Waals surface area contributed by atoms with E-state index in [1.54, 1.807) is 6.20 Å². The van der Waals surface area contributed by atoms with Gasteiger partial charge in [0.25, 0.3) is 0 Å². The molecule has 33 heavy (non-hydrogen) atoms. The molecule has 2 aromatic heterocycles. The summed E-state index contributed by atoms with van der Waals surface area (Å²) in [5.74, 6) is 0.213. The second-order valence-corrected chi connectivity index (χ2v) is 8.36. The lowest BCUT2D eigenvalue weighted by molar-refractivity contribution is 0.365. The fourth-order valence-electron chi connectivity index (χ4n) is 3.82. The highest BCUT2D eigenvalue weighted by molar-refractivity contribution is 5.74. The summed E-state index contributed by atoms with van der Waals surface area (Å²) in [6, 6.07) is 3.72. The van der Waals surface area contributed by atoms with Gasteiger partial charge in [0.1, 0.15) is 0 Å². The van der Waals surface area contributed by atoms with E-state index in [1.807, 2.05) is 62.7 Å². The van der Waals surface area contributed by atoms with Crippen LogP contribution in [-0.4, -0.2) is 32.2 Å². The normalized spacial score (nSPS) is 20.4. The van der Waals surface area contributed by atoms with E-state index in [-0.39, 0.29) is 11.7 Å². The fraction of sp³-hybridized carbons (Fsp3) is 0.346. The summed E-state index contributed by atoms with van der Waals surface area (Å²) in [4.78, 5) is 8.79. The number of hydrogen-bond donors (Lipinski definition) is 0. The highest BCUT2D eigenvalue weighted by Gasteiger charge is 2.24. The van der Waals surface area contributed by atoms with Gasteiger partial charge in [0, 0.05) is 36.7 Å². The van der Waals surface area contributed by atoms with E-state index in [1.165, 1.54) is 10.1 Å². The summed E-state index contributed by atoms with van der Waals surface area (Å²) >= 11 is 0. The molecule has 3 heterocycles. The van der Waals surface area contributed by atoms with Crippen LogP contribution in [0.2, 0.25) is 0 Å². The minimum Gasteiger partial charge on any atom is -0.269 e. The summed E-state index contributed by atoms with van der Waals surface area (Å²) in [7, 11) is 0. The Kier molecular flexibility index (Phi) is 7.17. The Morgan fingerprint density at radius 2 is 2.06 bits per heavy atom. The Balaban J connectivity index is 1.67. The quantitative estimate of drug-likeness (QED) is 0.394. The van der Waals surface area contributed by atoms with Gasteiger partial charge in [-0.3, -0.25) is 9.98 Å². The summed E-state index contributed by atoms with van der Waals surface area (Å²) in [6.45, 7) is 6.13. The zero-order valence-corrected chi connectivity index (χ0v) is 19.3. The van der Waals surface area contributed by atoms with Gasteiger partial charge in [-0.1, -0.05) is 43.7 Å². The van der Waals surface area contributed by atoms with Gasteiger partial charge < -0.3 is 0 Å². The largest absolute Gasteiger partial charge is 0.269 e. The van der Waals surface area contributed by atoms with Crippen molar-refractivity contribution in [2.75, 3.05) is 0 Å². The third-order valence-corrected chi connectivity index (χ3v) is 5.70. The van der Waals surface area contributed by atoms with Crippen molar-refractivity contribution in [1.82, 2.24) is 19.8 Å². The average molecular weight is 445 g/mol. The lowest BCUT2D eigenvalue weighted by Crippen LogP contribution is -2.08. The monoisotopic (exact) mass is 444 g/mol. The third kappa shape index (κ3) is 5.30. The van der Waals surface area contributed by atoms with Crippen molar-refractivity contribution < 1.29 is 4.39 Å². The maximum Gasteiger partial charge on any atom is 0.193 e. The summed E-state index contributed by atoms with van der Waals surface area (Å²) in [5.41, 5.74) is 5.18. The van der Waals surface area contributed by atoms with Crippen molar-refractivity contribution in [3.8, 4) is 0 Å². The smallest absolute Gasteiger partial charge is 0.193 e. The molecular formula is C26H29FN6. The molecule has 4 rings (SSSR count). The maximum atomic E-state index is 15.9. The average Bonchev–Trinajstić information content (AvgIpc) is 3.15. The number of fused-ring (bicyclic) bond motifs is 1. The Morgan fingerprint density at radius 3 is 2.91 bits per heavy atom. The molecule has 170 valence electrons. The predicted octanol–water partition coefficient (Wildman–Crippen LogP) is 6.18. The number of alkyl halides is 1. The molecule has 0 bridgehead atoms. The molecular weight excluding hydrogens is 415 g/mol. The Bertz CT molecular complexity index is 1220. The molecule has 2 aromatic rings.